The Morgan fingerprint density at radius 2 is 1.89 bits per heavy atom. The number of amides is 1. The maximum atomic E-state index is 12.5. The number of rotatable bonds is 4. The summed E-state index contributed by atoms with van der Waals surface area (Å²) in [6.45, 7) is 8.68. The van der Waals surface area contributed by atoms with Crippen LogP contribution in [-0.2, 0) is 4.79 Å². The molecule has 4 nitrogen and oxygen atoms in total. The molecule has 0 radical (unpaired) electrons. The number of hydrogen-bond donors (Lipinski definition) is 1. The van der Waals surface area contributed by atoms with E-state index < -0.39 is 0 Å². The van der Waals surface area contributed by atoms with Crippen molar-refractivity contribution in [1.29, 1.82) is 0 Å². The van der Waals surface area contributed by atoms with Gasteiger partial charge in [0, 0.05) is 13.1 Å². The summed E-state index contributed by atoms with van der Waals surface area (Å²) in [4.78, 5) is 16.5. The van der Waals surface area contributed by atoms with Crippen LogP contribution in [0.2, 0.25) is 0 Å². The zero-order chi connectivity index (χ0) is 13.2. The minimum absolute atomic E-state index is 0. The number of likely N-dealkylation sites (N-methyl/N-ethyl adjacent to an activating group) is 1. The lowest BCUT2D eigenvalue weighted by molar-refractivity contribution is -0.136. The number of carbonyl (C=O) groups excluding carboxylic acids is 1. The number of nitrogens with zero attached hydrogens (tertiary/aromatic N) is 2. The van der Waals surface area contributed by atoms with Gasteiger partial charge in [-0.25, -0.2) is 0 Å². The largest absolute Gasteiger partial charge is 0.341 e. The molecule has 0 aromatic heterocycles. The summed E-state index contributed by atoms with van der Waals surface area (Å²) in [5, 5.41) is 0. The van der Waals surface area contributed by atoms with Crippen LogP contribution >= 0.6 is 24.8 Å². The van der Waals surface area contributed by atoms with E-state index in [1.807, 2.05) is 23.9 Å². The van der Waals surface area contributed by atoms with E-state index in [0.717, 1.165) is 19.5 Å². The van der Waals surface area contributed by atoms with Gasteiger partial charge in [-0.1, -0.05) is 20.8 Å². The normalized spacial score (nSPS) is 24.1. The van der Waals surface area contributed by atoms with Crippen molar-refractivity contribution in [3.05, 3.63) is 0 Å². The van der Waals surface area contributed by atoms with Crippen LogP contribution in [0.15, 0.2) is 0 Å². The molecule has 1 unspecified atom stereocenters. The first kappa shape index (κ1) is 21.3. The van der Waals surface area contributed by atoms with E-state index in [0.29, 0.717) is 12.5 Å². The van der Waals surface area contributed by atoms with Gasteiger partial charge >= 0.3 is 0 Å². The van der Waals surface area contributed by atoms with Gasteiger partial charge in [0.05, 0.1) is 6.04 Å². The third-order valence-electron chi connectivity index (χ3n) is 3.80. The van der Waals surface area contributed by atoms with Gasteiger partial charge in [0.2, 0.25) is 5.91 Å². The Morgan fingerprint density at radius 1 is 1.37 bits per heavy atom. The molecule has 0 aliphatic carbocycles. The molecule has 19 heavy (non-hydrogen) atoms. The van der Waals surface area contributed by atoms with Gasteiger partial charge in [-0.15, -0.1) is 24.8 Å². The molecule has 2 atom stereocenters. The Morgan fingerprint density at radius 3 is 2.21 bits per heavy atom. The average molecular weight is 314 g/mol. The van der Waals surface area contributed by atoms with E-state index in [1.165, 1.54) is 0 Å². The summed E-state index contributed by atoms with van der Waals surface area (Å²) in [7, 11) is 3.95. The molecule has 1 fully saturated rings. The van der Waals surface area contributed by atoms with Crippen LogP contribution < -0.4 is 5.73 Å². The summed E-state index contributed by atoms with van der Waals surface area (Å²) in [6, 6.07) is -0.0184. The highest BCUT2D eigenvalue weighted by molar-refractivity contribution is 5.85. The van der Waals surface area contributed by atoms with Crippen molar-refractivity contribution in [1.82, 2.24) is 9.80 Å². The Labute approximate surface area is 129 Å². The predicted molar refractivity (Wildman–Crippen MR) is 85.2 cm³/mol. The molecule has 6 heteroatoms. The Bertz CT molecular complexity index is 279. The molecule has 0 aromatic rings. The maximum Gasteiger partial charge on any atom is 0.240 e. The van der Waals surface area contributed by atoms with Crippen LogP contribution in [0.4, 0.5) is 0 Å². The lowest BCUT2D eigenvalue weighted by Gasteiger charge is -2.31. The van der Waals surface area contributed by atoms with Gasteiger partial charge in [0.1, 0.15) is 0 Å². The molecule has 1 heterocycles. The number of carbonyl (C=O) groups is 1. The highest BCUT2D eigenvalue weighted by Crippen LogP contribution is 2.29. The van der Waals surface area contributed by atoms with Crippen molar-refractivity contribution >= 4 is 30.7 Å². The molecular weight excluding hydrogens is 285 g/mol. The minimum atomic E-state index is -0.0184. The third-order valence-corrected chi connectivity index (χ3v) is 3.80. The van der Waals surface area contributed by atoms with Crippen molar-refractivity contribution in [3.63, 3.8) is 0 Å². The monoisotopic (exact) mass is 313 g/mol. The standard InChI is InChI=1S/C13H27N3O.2ClH/c1-10(2)11(15(4)5)12(17)16-7-6-13(3,8-14)9-16;;/h10-11H,6-9,14H2,1-5H3;2*1H/t11-,13?;;/m0../s1. The second-order valence-corrected chi connectivity index (χ2v) is 6.18. The van der Waals surface area contributed by atoms with Gasteiger partial charge < -0.3 is 10.6 Å². The zero-order valence-corrected chi connectivity index (χ0v) is 14.3. The van der Waals surface area contributed by atoms with Crippen LogP contribution in [0.3, 0.4) is 0 Å². The SMILES string of the molecule is CC(C)[C@@H](C(=O)N1CCC(C)(CN)C1)N(C)C.Cl.Cl. The van der Waals surface area contributed by atoms with Crippen LogP contribution in [-0.4, -0.2) is 55.5 Å². The first-order valence-electron chi connectivity index (χ1n) is 6.46. The third kappa shape index (κ3) is 5.10. The van der Waals surface area contributed by atoms with Crippen molar-refractivity contribution in [2.45, 2.75) is 33.2 Å². The molecule has 0 saturated carbocycles. The topological polar surface area (TPSA) is 49.6 Å². The smallest absolute Gasteiger partial charge is 0.240 e. The number of nitrogens with two attached hydrogens (primary N) is 1. The minimum Gasteiger partial charge on any atom is -0.341 e. The van der Waals surface area contributed by atoms with E-state index in [-0.39, 0.29) is 42.2 Å². The molecule has 2 N–H and O–H groups in total. The summed E-state index contributed by atoms with van der Waals surface area (Å²) in [5.74, 6) is 0.587. The van der Waals surface area contributed by atoms with E-state index in [2.05, 4.69) is 20.8 Å². The van der Waals surface area contributed by atoms with Crippen molar-refractivity contribution in [3.8, 4) is 0 Å². The predicted octanol–water partition coefficient (Wildman–Crippen LogP) is 1.61. The first-order valence-corrected chi connectivity index (χ1v) is 6.46. The summed E-state index contributed by atoms with van der Waals surface area (Å²) < 4.78 is 0. The second-order valence-electron chi connectivity index (χ2n) is 6.18. The van der Waals surface area contributed by atoms with Gasteiger partial charge in [0.15, 0.2) is 0 Å². The molecule has 1 amide bonds. The lowest BCUT2D eigenvalue weighted by atomic mass is 9.90. The zero-order valence-electron chi connectivity index (χ0n) is 12.7. The number of hydrogen-bond acceptors (Lipinski definition) is 3. The lowest BCUT2D eigenvalue weighted by Crippen LogP contribution is -2.48. The summed E-state index contributed by atoms with van der Waals surface area (Å²) in [6.07, 6.45) is 1.02. The average Bonchev–Trinajstić information content (AvgIpc) is 2.61. The van der Waals surface area contributed by atoms with Crippen molar-refractivity contribution < 1.29 is 4.79 Å². The second kappa shape index (κ2) is 8.30. The van der Waals surface area contributed by atoms with E-state index in [1.54, 1.807) is 0 Å². The quantitative estimate of drug-likeness (QED) is 0.858. The molecule has 0 spiro atoms. The first-order chi connectivity index (χ1) is 7.80. The van der Waals surface area contributed by atoms with Crippen LogP contribution in [0, 0.1) is 11.3 Å². The van der Waals surface area contributed by atoms with Gasteiger partial charge in [0.25, 0.3) is 0 Å². The Kier molecular flexibility index (Phi) is 9.29. The molecule has 0 aromatic carbocycles. The van der Waals surface area contributed by atoms with Gasteiger partial charge in [-0.2, -0.15) is 0 Å². The fraction of sp³-hybridized carbons (Fsp3) is 0.923. The van der Waals surface area contributed by atoms with Crippen LogP contribution in [0.25, 0.3) is 0 Å². The molecule has 1 aliphatic rings. The van der Waals surface area contributed by atoms with E-state index in [4.69, 9.17) is 5.73 Å². The highest BCUT2D eigenvalue weighted by Gasteiger charge is 2.38. The van der Waals surface area contributed by atoms with Crippen molar-refractivity contribution in [2.24, 2.45) is 17.1 Å². The summed E-state index contributed by atoms with van der Waals surface area (Å²) >= 11 is 0. The molecule has 1 aliphatic heterocycles. The Hall–Kier alpha value is -0.0300. The molecule has 0 bridgehead atoms. The van der Waals surface area contributed by atoms with Crippen LogP contribution in [0.5, 0.6) is 0 Å². The number of halogens is 2. The summed E-state index contributed by atoms with van der Waals surface area (Å²) in [5.41, 5.74) is 5.89. The maximum absolute atomic E-state index is 12.5. The highest BCUT2D eigenvalue weighted by atomic mass is 35.5. The fourth-order valence-corrected chi connectivity index (χ4v) is 2.67. The Balaban J connectivity index is 0. The number of likely N-dealkylation sites (tertiary alicyclic amines) is 1. The van der Waals surface area contributed by atoms with Gasteiger partial charge in [-0.3, -0.25) is 9.69 Å². The van der Waals surface area contributed by atoms with Crippen molar-refractivity contribution in [2.75, 3.05) is 33.7 Å². The van der Waals surface area contributed by atoms with E-state index in [9.17, 15) is 4.79 Å². The molecule has 1 saturated heterocycles. The molecule has 116 valence electrons. The molecular formula is C13H29Cl2N3O. The van der Waals surface area contributed by atoms with Crippen LogP contribution in [0.1, 0.15) is 27.2 Å². The molecule has 1 rings (SSSR count). The van der Waals surface area contributed by atoms with Gasteiger partial charge in [-0.05, 0) is 38.4 Å². The fourth-order valence-electron chi connectivity index (χ4n) is 2.67. The van der Waals surface area contributed by atoms with E-state index >= 15 is 0 Å².